The van der Waals surface area contributed by atoms with E-state index in [-0.39, 0.29) is 6.16 Å². The summed E-state index contributed by atoms with van der Waals surface area (Å²) >= 11 is 0. The topological polar surface area (TPSA) is 57.5 Å². The van der Waals surface area contributed by atoms with E-state index in [4.69, 9.17) is 9.79 Å². The van der Waals surface area contributed by atoms with Crippen LogP contribution in [0.4, 0.5) is 0 Å². The van der Waals surface area contributed by atoms with Crippen molar-refractivity contribution < 1.29 is 14.4 Å². The normalized spacial score (nSPS) is 12.2. The van der Waals surface area contributed by atoms with E-state index in [2.05, 4.69) is 13.8 Å². The summed E-state index contributed by atoms with van der Waals surface area (Å²) in [7, 11) is -3.76. The Labute approximate surface area is 138 Å². The maximum absolute atomic E-state index is 10.7. The molecule has 3 nitrogen and oxygen atoms in total. The molecule has 0 aromatic heterocycles. The third kappa shape index (κ3) is 20.1. The van der Waals surface area contributed by atoms with Crippen LogP contribution in [0.15, 0.2) is 0 Å². The number of rotatable bonds is 16. The minimum atomic E-state index is -3.76. The first-order valence-electron chi connectivity index (χ1n) is 9.46. The zero-order chi connectivity index (χ0) is 16.7. The third-order valence-corrected chi connectivity index (χ3v) is 5.13. The number of hydrogen-bond acceptors (Lipinski definition) is 1. The van der Waals surface area contributed by atoms with Crippen molar-refractivity contribution in [1.82, 2.24) is 0 Å². The number of unbranched alkanes of at least 4 members (excludes halogenated alkanes) is 12. The molecule has 0 aliphatic heterocycles. The Morgan fingerprint density at radius 1 is 0.636 bits per heavy atom. The quantitative estimate of drug-likeness (QED) is 0.258. The molecule has 0 aromatic carbocycles. The molecule has 0 radical (unpaired) electrons. The van der Waals surface area contributed by atoms with Crippen molar-refractivity contribution >= 4 is 7.60 Å². The zero-order valence-corrected chi connectivity index (χ0v) is 15.8. The highest BCUT2D eigenvalue weighted by Gasteiger charge is 2.10. The van der Waals surface area contributed by atoms with Crippen molar-refractivity contribution in [3.63, 3.8) is 0 Å². The van der Waals surface area contributed by atoms with Gasteiger partial charge in [-0.2, -0.15) is 0 Å². The summed E-state index contributed by atoms with van der Waals surface area (Å²) in [4.78, 5) is 17.5. The van der Waals surface area contributed by atoms with E-state index in [1.807, 2.05) is 0 Å². The third-order valence-electron chi connectivity index (χ3n) is 4.23. The first kappa shape index (κ1) is 22.1. The Hall–Kier alpha value is 0.150. The lowest BCUT2D eigenvalue weighted by Crippen LogP contribution is -1.88. The predicted octanol–water partition coefficient (Wildman–Crippen LogP) is 6.28. The molecule has 0 fully saturated rings. The summed E-state index contributed by atoms with van der Waals surface area (Å²) in [6.45, 7) is 4.61. The van der Waals surface area contributed by atoms with Crippen LogP contribution in [0.3, 0.4) is 0 Å². The van der Waals surface area contributed by atoms with Crippen LogP contribution < -0.4 is 0 Å². The van der Waals surface area contributed by atoms with Crippen LogP contribution in [0, 0.1) is 5.92 Å². The van der Waals surface area contributed by atoms with Gasteiger partial charge in [-0.1, -0.05) is 97.3 Å². The molecule has 4 heteroatoms. The molecular weight excluding hydrogens is 295 g/mol. The Balaban J connectivity index is 3.04. The molecule has 0 unspecified atom stereocenters. The Bertz CT molecular complexity index is 274. The molecular formula is C18H39O3P. The van der Waals surface area contributed by atoms with Gasteiger partial charge < -0.3 is 9.79 Å². The first-order valence-corrected chi connectivity index (χ1v) is 11.3. The van der Waals surface area contributed by atoms with Crippen molar-refractivity contribution in [2.24, 2.45) is 5.92 Å². The monoisotopic (exact) mass is 334 g/mol. The average Bonchev–Trinajstić information content (AvgIpc) is 2.41. The second-order valence-corrected chi connectivity index (χ2v) is 8.94. The van der Waals surface area contributed by atoms with Gasteiger partial charge in [0.1, 0.15) is 0 Å². The van der Waals surface area contributed by atoms with Gasteiger partial charge in [0, 0.05) is 6.16 Å². The van der Waals surface area contributed by atoms with E-state index in [1.54, 1.807) is 0 Å². The van der Waals surface area contributed by atoms with Crippen LogP contribution in [0.1, 0.15) is 104 Å². The molecule has 0 aliphatic carbocycles. The van der Waals surface area contributed by atoms with Gasteiger partial charge in [0.2, 0.25) is 0 Å². The van der Waals surface area contributed by atoms with Gasteiger partial charge in [-0.05, 0) is 12.3 Å². The van der Waals surface area contributed by atoms with Crippen molar-refractivity contribution in [3.05, 3.63) is 0 Å². The van der Waals surface area contributed by atoms with Crippen molar-refractivity contribution in [2.75, 3.05) is 6.16 Å². The second-order valence-electron chi connectivity index (χ2n) is 7.17. The maximum Gasteiger partial charge on any atom is 0.325 e. The highest BCUT2D eigenvalue weighted by atomic mass is 31.2. The molecule has 0 bridgehead atoms. The van der Waals surface area contributed by atoms with Crippen LogP contribution in [-0.4, -0.2) is 15.9 Å². The summed E-state index contributed by atoms with van der Waals surface area (Å²) < 4.78 is 10.7. The zero-order valence-electron chi connectivity index (χ0n) is 14.9. The van der Waals surface area contributed by atoms with Gasteiger partial charge in [-0.15, -0.1) is 0 Å². The van der Waals surface area contributed by atoms with Crippen molar-refractivity contribution in [2.45, 2.75) is 104 Å². The van der Waals surface area contributed by atoms with E-state index < -0.39 is 7.60 Å². The van der Waals surface area contributed by atoms with Crippen LogP contribution in [-0.2, 0) is 4.57 Å². The summed E-state index contributed by atoms with van der Waals surface area (Å²) in [5.74, 6) is 0.858. The highest BCUT2D eigenvalue weighted by Crippen LogP contribution is 2.35. The lowest BCUT2D eigenvalue weighted by atomic mass is 10.0. The number of hydrogen-bond donors (Lipinski definition) is 2. The maximum atomic E-state index is 10.7. The average molecular weight is 334 g/mol. The molecule has 0 aliphatic rings. The molecule has 0 heterocycles. The molecule has 0 rings (SSSR count). The van der Waals surface area contributed by atoms with Gasteiger partial charge in [0.25, 0.3) is 0 Å². The molecule has 0 atom stereocenters. The van der Waals surface area contributed by atoms with Gasteiger partial charge in [-0.3, -0.25) is 4.57 Å². The van der Waals surface area contributed by atoms with E-state index in [0.29, 0.717) is 6.42 Å². The Kier molecular flexibility index (Phi) is 14.8. The van der Waals surface area contributed by atoms with Crippen LogP contribution in [0.25, 0.3) is 0 Å². The van der Waals surface area contributed by atoms with E-state index in [9.17, 15) is 4.57 Å². The SMILES string of the molecule is CC(C)CCCCCCCCCCCCCCCP(=O)(O)O. The highest BCUT2D eigenvalue weighted by molar-refractivity contribution is 7.51. The molecule has 0 aromatic rings. The lowest BCUT2D eigenvalue weighted by Gasteiger charge is -2.05. The van der Waals surface area contributed by atoms with E-state index >= 15 is 0 Å². The molecule has 22 heavy (non-hydrogen) atoms. The summed E-state index contributed by atoms with van der Waals surface area (Å²) in [5, 5.41) is 0. The minimum absolute atomic E-state index is 0.0597. The molecule has 0 spiro atoms. The fraction of sp³-hybridized carbons (Fsp3) is 1.00. The van der Waals surface area contributed by atoms with Crippen molar-refractivity contribution in [3.8, 4) is 0 Å². The van der Waals surface area contributed by atoms with Gasteiger partial charge in [-0.25, -0.2) is 0 Å². The van der Waals surface area contributed by atoms with Gasteiger partial charge in [0.05, 0.1) is 0 Å². The molecule has 2 N–H and O–H groups in total. The lowest BCUT2D eigenvalue weighted by molar-refractivity contribution is 0.370. The van der Waals surface area contributed by atoms with Crippen LogP contribution in [0.2, 0.25) is 0 Å². The van der Waals surface area contributed by atoms with E-state index in [1.165, 1.54) is 70.6 Å². The Morgan fingerprint density at radius 2 is 0.955 bits per heavy atom. The molecule has 0 amide bonds. The molecule has 0 saturated heterocycles. The summed E-state index contributed by atoms with van der Waals surface area (Å²) in [6.07, 6.45) is 17.8. The Morgan fingerprint density at radius 3 is 1.27 bits per heavy atom. The predicted molar refractivity (Wildman–Crippen MR) is 96.4 cm³/mol. The summed E-state index contributed by atoms with van der Waals surface area (Å²) in [6, 6.07) is 0. The second kappa shape index (κ2) is 14.7. The molecule has 134 valence electrons. The smallest absolute Gasteiger partial charge is 0.324 e. The van der Waals surface area contributed by atoms with Crippen molar-refractivity contribution in [1.29, 1.82) is 0 Å². The standard InChI is InChI=1S/C18H39O3P/c1-18(2)16-14-12-10-8-6-4-3-5-7-9-11-13-15-17-22(19,20)21/h18H,3-17H2,1-2H3,(H2,19,20,21). The fourth-order valence-electron chi connectivity index (χ4n) is 2.81. The largest absolute Gasteiger partial charge is 0.325 e. The minimum Gasteiger partial charge on any atom is -0.324 e. The van der Waals surface area contributed by atoms with Crippen LogP contribution >= 0.6 is 7.60 Å². The first-order chi connectivity index (χ1) is 10.4. The van der Waals surface area contributed by atoms with Crippen LogP contribution in [0.5, 0.6) is 0 Å². The summed E-state index contributed by atoms with van der Waals surface area (Å²) in [5.41, 5.74) is 0. The van der Waals surface area contributed by atoms with E-state index in [0.717, 1.165) is 18.8 Å². The van der Waals surface area contributed by atoms with Gasteiger partial charge in [0.15, 0.2) is 0 Å². The fourth-order valence-corrected chi connectivity index (χ4v) is 3.45. The van der Waals surface area contributed by atoms with Gasteiger partial charge >= 0.3 is 7.60 Å². The molecule has 0 saturated carbocycles.